The van der Waals surface area contributed by atoms with Crippen LogP contribution in [0.1, 0.15) is 20.8 Å². The largest absolute Gasteiger partial charge is 0.444 e. The van der Waals surface area contributed by atoms with Gasteiger partial charge in [0.05, 0.1) is 5.69 Å². The number of nitrogen functional groups attached to an aromatic ring is 1. The standard InChI is InChI=1S/C11H17ClN4O2S/c1-11(2,3)18-10(17)14-4-5-19-9-7(13)6-8(12)15-16-9/h6H,4-5H2,1-3H3,(H2,13,15)(H,14,17). The first-order valence-electron chi connectivity index (χ1n) is 5.66. The Kier molecular flexibility index (Phi) is 5.68. The second-order valence-electron chi connectivity index (χ2n) is 4.70. The summed E-state index contributed by atoms with van der Waals surface area (Å²) < 4.78 is 5.10. The number of nitrogens with two attached hydrogens (primary N) is 1. The maximum atomic E-state index is 11.4. The van der Waals surface area contributed by atoms with Gasteiger partial charge in [0.25, 0.3) is 0 Å². The van der Waals surface area contributed by atoms with E-state index in [-0.39, 0.29) is 5.15 Å². The number of carbonyl (C=O) groups excluding carboxylic acids is 1. The lowest BCUT2D eigenvalue weighted by Crippen LogP contribution is -2.33. The van der Waals surface area contributed by atoms with E-state index in [9.17, 15) is 4.79 Å². The molecule has 8 heteroatoms. The van der Waals surface area contributed by atoms with Crippen molar-refractivity contribution < 1.29 is 9.53 Å². The number of rotatable bonds is 4. The molecule has 0 aliphatic carbocycles. The molecule has 0 aromatic carbocycles. The molecule has 1 heterocycles. The van der Waals surface area contributed by atoms with Gasteiger partial charge in [0.1, 0.15) is 10.6 Å². The number of ether oxygens (including phenoxy) is 1. The van der Waals surface area contributed by atoms with Gasteiger partial charge in [0, 0.05) is 18.4 Å². The Labute approximate surface area is 121 Å². The number of hydrogen-bond donors (Lipinski definition) is 2. The number of nitrogens with one attached hydrogen (secondary N) is 1. The van der Waals surface area contributed by atoms with Crippen molar-refractivity contribution in [3.05, 3.63) is 11.2 Å². The van der Waals surface area contributed by atoms with E-state index in [1.807, 2.05) is 20.8 Å². The predicted octanol–water partition coefficient (Wildman–Crippen LogP) is 2.33. The number of halogens is 1. The van der Waals surface area contributed by atoms with Gasteiger partial charge in [-0.1, -0.05) is 11.6 Å². The number of carbonyl (C=O) groups is 1. The lowest BCUT2D eigenvalue weighted by atomic mass is 10.2. The van der Waals surface area contributed by atoms with E-state index in [1.165, 1.54) is 17.8 Å². The molecule has 0 aliphatic heterocycles. The molecule has 1 rings (SSSR count). The van der Waals surface area contributed by atoms with Crippen LogP contribution >= 0.6 is 23.4 Å². The summed E-state index contributed by atoms with van der Waals surface area (Å²) in [6.07, 6.45) is -0.441. The highest BCUT2D eigenvalue weighted by molar-refractivity contribution is 7.99. The van der Waals surface area contributed by atoms with E-state index in [0.29, 0.717) is 23.0 Å². The van der Waals surface area contributed by atoms with Gasteiger partial charge in [0.15, 0.2) is 5.15 Å². The molecule has 3 N–H and O–H groups in total. The quantitative estimate of drug-likeness (QED) is 0.655. The molecule has 0 saturated heterocycles. The highest BCUT2D eigenvalue weighted by Gasteiger charge is 2.15. The predicted molar refractivity (Wildman–Crippen MR) is 76.4 cm³/mol. The molecule has 6 nitrogen and oxygen atoms in total. The zero-order valence-corrected chi connectivity index (χ0v) is 12.6. The number of aromatic nitrogens is 2. The first kappa shape index (κ1) is 15.8. The van der Waals surface area contributed by atoms with Crippen molar-refractivity contribution in [2.45, 2.75) is 31.4 Å². The van der Waals surface area contributed by atoms with Crippen LogP contribution in [0, 0.1) is 0 Å². The maximum absolute atomic E-state index is 11.4. The zero-order chi connectivity index (χ0) is 14.5. The molecule has 0 unspecified atom stereocenters. The Morgan fingerprint density at radius 2 is 2.21 bits per heavy atom. The molecule has 0 aliphatic rings. The summed E-state index contributed by atoms with van der Waals surface area (Å²) >= 11 is 7.03. The van der Waals surface area contributed by atoms with Crippen LogP contribution < -0.4 is 11.1 Å². The van der Waals surface area contributed by atoms with Gasteiger partial charge in [-0.25, -0.2) is 4.79 Å². The zero-order valence-electron chi connectivity index (χ0n) is 11.1. The molecule has 0 atom stereocenters. The monoisotopic (exact) mass is 304 g/mol. The molecule has 19 heavy (non-hydrogen) atoms. The van der Waals surface area contributed by atoms with Crippen molar-refractivity contribution >= 4 is 35.1 Å². The summed E-state index contributed by atoms with van der Waals surface area (Å²) in [4.78, 5) is 11.4. The Morgan fingerprint density at radius 3 is 2.79 bits per heavy atom. The maximum Gasteiger partial charge on any atom is 0.407 e. The van der Waals surface area contributed by atoms with Crippen LogP contribution in [0.5, 0.6) is 0 Å². The smallest absolute Gasteiger partial charge is 0.407 e. The number of amides is 1. The molecule has 1 amide bonds. The van der Waals surface area contributed by atoms with Crippen molar-refractivity contribution in [3.63, 3.8) is 0 Å². The molecular weight excluding hydrogens is 288 g/mol. The van der Waals surface area contributed by atoms with E-state index in [2.05, 4.69) is 15.5 Å². The van der Waals surface area contributed by atoms with Gasteiger partial charge >= 0.3 is 6.09 Å². The molecular formula is C11H17ClN4O2S. The summed E-state index contributed by atoms with van der Waals surface area (Å²) in [5.74, 6) is 0.611. The van der Waals surface area contributed by atoms with Gasteiger partial charge in [-0.3, -0.25) is 0 Å². The minimum atomic E-state index is -0.497. The van der Waals surface area contributed by atoms with Crippen LogP contribution in [0.3, 0.4) is 0 Å². The summed E-state index contributed by atoms with van der Waals surface area (Å²) in [6, 6.07) is 1.54. The molecule has 0 radical (unpaired) electrons. The molecule has 1 aromatic heterocycles. The third-order valence-electron chi connectivity index (χ3n) is 1.77. The lowest BCUT2D eigenvalue weighted by Gasteiger charge is -2.19. The van der Waals surface area contributed by atoms with Crippen LogP contribution in [0.4, 0.5) is 10.5 Å². The first-order chi connectivity index (χ1) is 8.78. The van der Waals surface area contributed by atoms with Crippen molar-refractivity contribution in [3.8, 4) is 0 Å². The normalized spacial score (nSPS) is 11.2. The van der Waals surface area contributed by atoms with Crippen LogP contribution in [-0.2, 0) is 4.74 Å². The fraction of sp³-hybridized carbons (Fsp3) is 0.545. The average molecular weight is 305 g/mol. The van der Waals surface area contributed by atoms with E-state index < -0.39 is 11.7 Å². The minimum Gasteiger partial charge on any atom is -0.444 e. The molecule has 0 fully saturated rings. The van der Waals surface area contributed by atoms with Gasteiger partial charge in [-0.15, -0.1) is 22.0 Å². The number of alkyl carbamates (subject to hydrolysis) is 1. The van der Waals surface area contributed by atoms with Crippen LogP contribution in [0.2, 0.25) is 5.15 Å². The molecule has 0 spiro atoms. The van der Waals surface area contributed by atoms with Crippen LogP contribution in [0.25, 0.3) is 0 Å². The van der Waals surface area contributed by atoms with Gasteiger partial charge < -0.3 is 15.8 Å². The second-order valence-corrected chi connectivity index (χ2v) is 6.18. The third-order valence-corrected chi connectivity index (χ3v) is 2.95. The van der Waals surface area contributed by atoms with E-state index in [0.717, 1.165) is 0 Å². The van der Waals surface area contributed by atoms with Crippen molar-refractivity contribution in [2.24, 2.45) is 0 Å². The fourth-order valence-electron chi connectivity index (χ4n) is 1.10. The lowest BCUT2D eigenvalue weighted by molar-refractivity contribution is 0.0531. The van der Waals surface area contributed by atoms with E-state index in [4.69, 9.17) is 22.1 Å². The highest BCUT2D eigenvalue weighted by atomic mass is 35.5. The van der Waals surface area contributed by atoms with Crippen LogP contribution in [-0.4, -0.2) is 34.2 Å². The van der Waals surface area contributed by atoms with Gasteiger partial charge in [-0.2, -0.15) is 0 Å². The summed E-state index contributed by atoms with van der Waals surface area (Å²) in [7, 11) is 0. The molecule has 1 aromatic rings. The Balaban J connectivity index is 2.29. The third kappa shape index (κ3) is 6.49. The van der Waals surface area contributed by atoms with E-state index in [1.54, 1.807) is 0 Å². The topological polar surface area (TPSA) is 90.1 Å². The molecule has 0 bridgehead atoms. The van der Waals surface area contributed by atoms with Crippen molar-refractivity contribution in [1.82, 2.24) is 15.5 Å². The average Bonchev–Trinajstić information content (AvgIpc) is 2.24. The number of nitrogens with zero attached hydrogens (tertiary/aromatic N) is 2. The Bertz CT molecular complexity index is 451. The van der Waals surface area contributed by atoms with Crippen LogP contribution in [0.15, 0.2) is 11.1 Å². The van der Waals surface area contributed by atoms with Gasteiger partial charge in [0.2, 0.25) is 0 Å². The number of hydrogen-bond acceptors (Lipinski definition) is 6. The van der Waals surface area contributed by atoms with E-state index >= 15 is 0 Å². The molecule has 106 valence electrons. The SMILES string of the molecule is CC(C)(C)OC(=O)NCCSc1nnc(Cl)cc1N. The van der Waals surface area contributed by atoms with Crippen molar-refractivity contribution in [1.29, 1.82) is 0 Å². The first-order valence-corrected chi connectivity index (χ1v) is 7.02. The Morgan fingerprint density at radius 1 is 1.53 bits per heavy atom. The van der Waals surface area contributed by atoms with Gasteiger partial charge in [-0.05, 0) is 20.8 Å². The second kappa shape index (κ2) is 6.81. The summed E-state index contributed by atoms with van der Waals surface area (Å²) in [5, 5.41) is 11.1. The van der Waals surface area contributed by atoms with Crippen molar-refractivity contribution in [2.75, 3.05) is 18.0 Å². The number of thioether (sulfide) groups is 1. The number of anilines is 1. The Hall–Kier alpha value is -1.21. The fourth-order valence-corrected chi connectivity index (χ4v) is 1.97. The highest BCUT2D eigenvalue weighted by Crippen LogP contribution is 2.22. The summed E-state index contributed by atoms with van der Waals surface area (Å²) in [6.45, 7) is 5.88. The minimum absolute atomic E-state index is 0.258. The summed E-state index contributed by atoms with van der Waals surface area (Å²) in [5.41, 5.74) is 5.70. The molecule has 0 saturated carbocycles.